The number of rotatable bonds is 2. The fourth-order valence-corrected chi connectivity index (χ4v) is 3.45. The molecule has 5 nitrogen and oxygen atoms in total. The summed E-state index contributed by atoms with van der Waals surface area (Å²) in [5.74, 6) is 1.29. The molecule has 2 aromatic heterocycles. The van der Waals surface area contributed by atoms with Gasteiger partial charge in [-0.1, -0.05) is 42.5 Å². The second-order valence-corrected chi connectivity index (χ2v) is 6.59. The van der Waals surface area contributed by atoms with Gasteiger partial charge in [0.05, 0.1) is 5.69 Å². The zero-order valence-electron chi connectivity index (χ0n) is 14.5. The molecule has 1 aliphatic heterocycles. The number of benzene rings is 2. The van der Waals surface area contributed by atoms with Crippen molar-refractivity contribution in [3.05, 3.63) is 71.4 Å². The van der Waals surface area contributed by atoms with Gasteiger partial charge in [0.2, 0.25) is 11.8 Å². The Morgan fingerprint density at radius 2 is 1.65 bits per heavy atom. The smallest absolute Gasteiger partial charge is 0.252 e. The van der Waals surface area contributed by atoms with E-state index >= 15 is 0 Å². The lowest BCUT2D eigenvalue weighted by atomic mass is 10.0. The second-order valence-electron chi connectivity index (χ2n) is 6.59. The third kappa shape index (κ3) is 2.52. The number of hydrogen-bond acceptors (Lipinski definition) is 5. The molecule has 0 unspecified atom stereocenters. The molecule has 0 aliphatic carbocycles. The first-order valence-electron chi connectivity index (χ1n) is 8.80. The lowest BCUT2D eigenvalue weighted by Crippen LogP contribution is -2.31. The molecule has 0 N–H and O–H groups in total. The molecule has 3 heterocycles. The Morgan fingerprint density at radius 1 is 0.885 bits per heavy atom. The van der Waals surface area contributed by atoms with Gasteiger partial charge in [-0.3, -0.25) is 0 Å². The van der Waals surface area contributed by atoms with Gasteiger partial charge >= 0.3 is 0 Å². The molecule has 0 bridgehead atoms. The number of anilines is 1. The quantitative estimate of drug-likeness (QED) is 0.547. The molecule has 0 saturated heterocycles. The van der Waals surface area contributed by atoms with Gasteiger partial charge in [-0.2, -0.15) is 4.98 Å². The molecule has 0 radical (unpaired) electrons. The van der Waals surface area contributed by atoms with E-state index in [-0.39, 0.29) is 0 Å². The highest BCUT2D eigenvalue weighted by Gasteiger charge is 2.21. The first-order chi connectivity index (χ1) is 12.8. The van der Waals surface area contributed by atoms with Gasteiger partial charge in [0.25, 0.3) is 5.71 Å². The molecular weight excluding hydrogens is 324 g/mol. The maximum Gasteiger partial charge on any atom is 0.252 e. The highest BCUT2D eigenvalue weighted by molar-refractivity contribution is 5.76. The summed E-state index contributed by atoms with van der Waals surface area (Å²) in [6.45, 7) is 3.69. The van der Waals surface area contributed by atoms with Crippen molar-refractivity contribution in [1.82, 2.24) is 15.0 Å². The highest BCUT2D eigenvalue weighted by Crippen LogP contribution is 2.27. The maximum atomic E-state index is 5.95. The Morgan fingerprint density at radius 3 is 2.50 bits per heavy atom. The van der Waals surface area contributed by atoms with Gasteiger partial charge in [-0.05, 0) is 36.6 Å². The third-order valence-corrected chi connectivity index (χ3v) is 4.86. The van der Waals surface area contributed by atoms with E-state index in [1.54, 1.807) is 0 Å². The average molecular weight is 342 g/mol. The molecule has 26 heavy (non-hydrogen) atoms. The van der Waals surface area contributed by atoms with Gasteiger partial charge in [-0.25, -0.2) is 9.97 Å². The van der Waals surface area contributed by atoms with Crippen LogP contribution in [0.4, 0.5) is 5.95 Å². The molecule has 0 spiro atoms. The zero-order chi connectivity index (χ0) is 17.5. The van der Waals surface area contributed by atoms with E-state index in [0.717, 1.165) is 36.3 Å². The minimum Gasteiger partial charge on any atom is -0.417 e. The number of oxazole rings is 1. The summed E-state index contributed by atoms with van der Waals surface area (Å²) in [7, 11) is 0. The lowest BCUT2D eigenvalue weighted by Gasteiger charge is -2.28. The van der Waals surface area contributed by atoms with Crippen molar-refractivity contribution in [3.8, 4) is 11.5 Å². The van der Waals surface area contributed by atoms with E-state index in [1.807, 2.05) is 37.3 Å². The van der Waals surface area contributed by atoms with Crippen LogP contribution in [0.25, 0.3) is 22.7 Å². The standard InChI is InChI=1S/C21H18N4O/c1-14-18-20(26-19(23-18)16-8-3-2-4-9-16)24-21(22-14)25-12-11-15-7-5-6-10-17(15)13-25/h2-10H,11-13H2,1H3. The van der Waals surface area contributed by atoms with Crippen LogP contribution in [-0.2, 0) is 13.0 Å². The van der Waals surface area contributed by atoms with Gasteiger partial charge in [0, 0.05) is 18.7 Å². The van der Waals surface area contributed by atoms with E-state index < -0.39 is 0 Å². The average Bonchev–Trinajstić information content (AvgIpc) is 3.13. The molecule has 5 rings (SSSR count). The SMILES string of the molecule is Cc1nc(N2CCc3ccccc3C2)nc2oc(-c3ccccc3)nc12. The molecule has 0 fully saturated rings. The summed E-state index contributed by atoms with van der Waals surface area (Å²) >= 11 is 0. The van der Waals surface area contributed by atoms with Gasteiger partial charge < -0.3 is 9.32 Å². The van der Waals surface area contributed by atoms with E-state index in [2.05, 4.69) is 39.1 Å². The lowest BCUT2D eigenvalue weighted by molar-refractivity contribution is 0.604. The van der Waals surface area contributed by atoms with E-state index in [1.165, 1.54) is 11.1 Å². The zero-order valence-corrected chi connectivity index (χ0v) is 14.5. The van der Waals surface area contributed by atoms with Crippen molar-refractivity contribution in [2.24, 2.45) is 0 Å². The Labute approximate surface area is 151 Å². The van der Waals surface area contributed by atoms with Crippen LogP contribution in [-0.4, -0.2) is 21.5 Å². The largest absolute Gasteiger partial charge is 0.417 e. The minimum atomic E-state index is 0.546. The Hall–Kier alpha value is -3.21. The Bertz CT molecular complexity index is 1090. The molecular formula is C21H18N4O. The summed E-state index contributed by atoms with van der Waals surface area (Å²) in [6.07, 6.45) is 1.00. The van der Waals surface area contributed by atoms with Crippen molar-refractivity contribution in [2.75, 3.05) is 11.4 Å². The van der Waals surface area contributed by atoms with Gasteiger partial charge in [0.1, 0.15) is 0 Å². The molecule has 0 saturated carbocycles. The van der Waals surface area contributed by atoms with Crippen LogP contribution in [0.15, 0.2) is 59.0 Å². The second kappa shape index (κ2) is 5.95. The first kappa shape index (κ1) is 15.1. The molecule has 2 aromatic carbocycles. The fourth-order valence-electron chi connectivity index (χ4n) is 3.45. The van der Waals surface area contributed by atoms with Crippen LogP contribution in [0, 0.1) is 6.92 Å². The predicted molar refractivity (Wildman–Crippen MR) is 101 cm³/mol. The maximum absolute atomic E-state index is 5.95. The van der Waals surface area contributed by atoms with Crippen LogP contribution in [0.2, 0.25) is 0 Å². The van der Waals surface area contributed by atoms with Crippen LogP contribution in [0.5, 0.6) is 0 Å². The fraction of sp³-hybridized carbons (Fsp3) is 0.190. The number of aromatic nitrogens is 3. The number of aryl methyl sites for hydroxylation is 1. The van der Waals surface area contributed by atoms with Gasteiger partial charge in [-0.15, -0.1) is 0 Å². The number of hydrogen-bond donors (Lipinski definition) is 0. The molecule has 0 atom stereocenters. The molecule has 5 heteroatoms. The summed E-state index contributed by atoms with van der Waals surface area (Å²) in [6, 6.07) is 18.4. The van der Waals surface area contributed by atoms with E-state index in [4.69, 9.17) is 9.40 Å². The van der Waals surface area contributed by atoms with Crippen LogP contribution >= 0.6 is 0 Å². The normalized spacial score (nSPS) is 13.8. The molecule has 128 valence electrons. The van der Waals surface area contributed by atoms with Gasteiger partial charge in [0.15, 0.2) is 5.52 Å². The Balaban J connectivity index is 1.54. The Kier molecular flexibility index (Phi) is 3.45. The van der Waals surface area contributed by atoms with E-state index in [9.17, 15) is 0 Å². The monoisotopic (exact) mass is 342 g/mol. The summed E-state index contributed by atoms with van der Waals surface area (Å²) in [5.41, 5.74) is 5.80. The minimum absolute atomic E-state index is 0.546. The van der Waals surface area contributed by atoms with Crippen molar-refractivity contribution in [3.63, 3.8) is 0 Å². The summed E-state index contributed by atoms with van der Waals surface area (Å²) in [5, 5.41) is 0. The highest BCUT2D eigenvalue weighted by atomic mass is 16.4. The van der Waals surface area contributed by atoms with Crippen molar-refractivity contribution >= 4 is 17.2 Å². The molecule has 0 amide bonds. The predicted octanol–water partition coefficient (Wildman–Crippen LogP) is 4.16. The topological polar surface area (TPSA) is 55.1 Å². The van der Waals surface area contributed by atoms with Crippen LogP contribution in [0.3, 0.4) is 0 Å². The third-order valence-electron chi connectivity index (χ3n) is 4.86. The molecule has 4 aromatic rings. The number of fused-ring (bicyclic) bond motifs is 2. The van der Waals surface area contributed by atoms with Crippen molar-refractivity contribution in [2.45, 2.75) is 19.9 Å². The first-order valence-corrected chi connectivity index (χ1v) is 8.80. The van der Waals surface area contributed by atoms with Crippen molar-refractivity contribution < 1.29 is 4.42 Å². The van der Waals surface area contributed by atoms with Crippen LogP contribution < -0.4 is 4.90 Å². The van der Waals surface area contributed by atoms with Crippen molar-refractivity contribution in [1.29, 1.82) is 0 Å². The van der Waals surface area contributed by atoms with E-state index in [0.29, 0.717) is 17.6 Å². The number of nitrogens with zero attached hydrogens (tertiary/aromatic N) is 4. The summed E-state index contributed by atoms with van der Waals surface area (Å²) in [4.78, 5) is 16.2. The van der Waals surface area contributed by atoms with Crippen LogP contribution in [0.1, 0.15) is 16.8 Å². The summed E-state index contributed by atoms with van der Waals surface area (Å²) < 4.78 is 5.95. The molecule has 1 aliphatic rings.